The third kappa shape index (κ3) is 2.42. The molecule has 0 aliphatic heterocycles. The predicted molar refractivity (Wildman–Crippen MR) is 99.0 cm³/mol. The van der Waals surface area contributed by atoms with Crippen LogP contribution in [-0.2, 0) is 0 Å². The Morgan fingerprint density at radius 1 is 0.760 bits per heavy atom. The molecule has 5 heteroatoms. The third-order valence-corrected chi connectivity index (χ3v) is 4.11. The first-order valence-electron chi connectivity index (χ1n) is 8.01. The standard InChI is InChI=1S/C20H13N5/c1-2-5-16-14(4-1)7-8-15(22-16)9-11-19-23-20-12-10-17-18(25(20)24-19)6-3-13-21-17/h1-13H. The van der Waals surface area contributed by atoms with Crippen LogP contribution in [0.15, 0.2) is 66.9 Å². The van der Waals surface area contributed by atoms with Gasteiger partial charge in [-0.25, -0.2) is 14.5 Å². The molecule has 0 bridgehead atoms. The second kappa shape index (κ2) is 5.49. The lowest BCUT2D eigenvalue weighted by Crippen LogP contribution is -1.91. The summed E-state index contributed by atoms with van der Waals surface area (Å²) in [7, 11) is 0. The van der Waals surface area contributed by atoms with Crippen LogP contribution in [0.1, 0.15) is 11.5 Å². The minimum Gasteiger partial charge on any atom is -0.255 e. The monoisotopic (exact) mass is 323 g/mol. The van der Waals surface area contributed by atoms with Crippen molar-refractivity contribution in [2.75, 3.05) is 0 Å². The summed E-state index contributed by atoms with van der Waals surface area (Å²) in [4.78, 5) is 13.5. The van der Waals surface area contributed by atoms with Crippen molar-refractivity contribution in [3.8, 4) is 0 Å². The molecule has 1 aromatic carbocycles. The summed E-state index contributed by atoms with van der Waals surface area (Å²) in [6.07, 6.45) is 5.59. The molecular weight excluding hydrogens is 310 g/mol. The quantitative estimate of drug-likeness (QED) is 0.493. The van der Waals surface area contributed by atoms with Gasteiger partial charge in [-0.15, -0.1) is 5.10 Å². The molecule has 4 heterocycles. The van der Waals surface area contributed by atoms with Gasteiger partial charge in [0, 0.05) is 11.6 Å². The van der Waals surface area contributed by atoms with E-state index in [9.17, 15) is 0 Å². The lowest BCUT2D eigenvalue weighted by Gasteiger charge is -1.98. The van der Waals surface area contributed by atoms with E-state index < -0.39 is 0 Å². The number of fused-ring (bicyclic) bond motifs is 4. The highest BCUT2D eigenvalue weighted by Crippen LogP contribution is 2.15. The van der Waals surface area contributed by atoms with Gasteiger partial charge in [-0.05, 0) is 48.6 Å². The van der Waals surface area contributed by atoms with Crippen LogP contribution in [0.4, 0.5) is 0 Å². The predicted octanol–water partition coefficient (Wildman–Crippen LogP) is 4.00. The molecule has 0 saturated heterocycles. The van der Waals surface area contributed by atoms with Crippen molar-refractivity contribution in [3.05, 3.63) is 78.4 Å². The Morgan fingerprint density at radius 2 is 1.72 bits per heavy atom. The molecule has 5 rings (SSSR count). The fraction of sp³-hybridized carbons (Fsp3) is 0. The van der Waals surface area contributed by atoms with Crippen LogP contribution in [0.3, 0.4) is 0 Å². The van der Waals surface area contributed by atoms with Crippen LogP contribution in [0.2, 0.25) is 0 Å². The van der Waals surface area contributed by atoms with Gasteiger partial charge >= 0.3 is 0 Å². The number of benzene rings is 1. The van der Waals surface area contributed by atoms with Crippen molar-refractivity contribution in [1.82, 2.24) is 24.6 Å². The molecule has 0 aliphatic rings. The summed E-state index contributed by atoms with van der Waals surface area (Å²) in [5.74, 6) is 0.645. The Bertz CT molecular complexity index is 1250. The Labute approximate surface area is 143 Å². The topological polar surface area (TPSA) is 56.0 Å². The Balaban J connectivity index is 1.56. The van der Waals surface area contributed by atoms with Crippen LogP contribution < -0.4 is 0 Å². The number of hydrogen-bond donors (Lipinski definition) is 0. The second-order valence-corrected chi connectivity index (χ2v) is 5.74. The summed E-state index contributed by atoms with van der Waals surface area (Å²) in [5.41, 5.74) is 4.49. The zero-order valence-electron chi connectivity index (χ0n) is 13.2. The van der Waals surface area contributed by atoms with Gasteiger partial charge in [0.05, 0.1) is 22.2 Å². The van der Waals surface area contributed by atoms with Crippen molar-refractivity contribution < 1.29 is 0 Å². The van der Waals surface area contributed by atoms with Gasteiger partial charge < -0.3 is 0 Å². The zero-order chi connectivity index (χ0) is 16.6. The summed E-state index contributed by atoms with van der Waals surface area (Å²) < 4.78 is 1.82. The van der Waals surface area contributed by atoms with Crippen molar-refractivity contribution in [2.24, 2.45) is 0 Å². The maximum absolute atomic E-state index is 4.63. The average molecular weight is 323 g/mol. The first kappa shape index (κ1) is 13.8. The highest BCUT2D eigenvalue weighted by Gasteiger charge is 2.05. The van der Waals surface area contributed by atoms with Gasteiger partial charge in [0.15, 0.2) is 11.5 Å². The zero-order valence-corrected chi connectivity index (χ0v) is 13.2. The molecular formula is C20H13N5. The van der Waals surface area contributed by atoms with E-state index in [2.05, 4.69) is 32.2 Å². The molecule has 0 aliphatic carbocycles. The number of para-hydroxylation sites is 1. The largest absolute Gasteiger partial charge is 0.255 e. The highest BCUT2D eigenvalue weighted by molar-refractivity contribution is 5.81. The minimum absolute atomic E-state index is 0.645. The Kier molecular flexibility index (Phi) is 3.03. The maximum Gasteiger partial charge on any atom is 0.175 e. The number of aromatic nitrogens is 5. The van der Waals surface area contributed by atoms with Crippen molar-refractivity contribution in [3.63, 3.8) is 0 Å². The van der Waals surface area contributed by atoms with E-state index in [1.165, 1.54) is 0 Å². The third-order valence-electron chi connectivity index (χ3n) is 4.11. The van der Waals surface area contributed by atoms with Gasteiger partial charge in [0.1, 0.15) is 0 Å². The molecule has 25 heavy (non-hydrogen) atoms. The van der Waals surface area contributed by atoms with E-state index >= 15 is 0 Å². The van der Waals surface area contributed by atoms with E-state index in [1.807, 2.05) is 65.2 Å². The first-order chi connectivity index (χ1) is 12.4. The molecule has 4 aromatic heterocycles. The van der Waals surface area contributed by atoms with Gasteiger partial charge in [0.2, 0.25) is 0 Å². The summed E-state index contributed by atoms with van der Waals surface area (Å²) in [6, 6.07) is 19.9. The number of rotatable bonds is 2. The molecule has 0 atom stereocenters. The van der Waals surface area contributed by atoms with E-state index in [4.69, 9.17) is 0 Å². The fourth-order valence-corrected chi connectivity index (χ4v) is 2.90. The smallest absolute Gasteiger partial charge is 0.175 e. The van der Waals surface area contributed by atoms with Crippen LogP contribution >= 0.6 is 0 Å². The Morgan fingerprint density at radius 3 is 2.72 bits per heavy atom. The molecule has 0 spiro atoms. The normalized spacial score (nSPS) is 11.8. The average Bonchev–Trinajstić information content (AvgIpc) is 3.10. The summed E-state index contributed by atoms with van der Waals surface area (Å²) in [5, 5.41) is 5.70. The summed E-state index contributed by atoms with van der Waals surface area (Å²) in [6.45, 7) is 0. The highest BCUT2D eigenvalue weighted by atomic mass is 15.3. The van der Waals surface area contributed by atoms with Crippen LogP contribution in [0.25, 0.3) is 39.7 Å². The Hall–Kier alpha value is -3.60. The molecule has 118 valence electrons. The van der Waals surface area contributed by atoms with Gasteiger partial charge in [0.25, 0.3) is 0 Å². The molecule has 0 radical (unpaired) electrons. The lowest BCUT2D eigenvalue weighted by molar-refractivity contribution is 0.991. The van der Waals surface area contributed by atoms with Crippen molar-refractivity contribution in [1.29, 1.82) is 0 Å². The number of nitrogens with zero attached hydrogens (tertiary/aromatic N) is 5. The minimum atomic E-state index is 0.645. The van der Waals surface area contributed by atoms with Crippen LogP contribution in [0, 0.1) is 0 Å². The lowest BCUT2D eigenvalue weighted by atomic mass is 10.2. The molecule has 0 unspecified atom stereocenters. The molecule has 5 nitrogen and oxygen atoms in total. The first-order valence-corrected chi connectivity index (χ1v) is 8.01. The number of hydrogen-bond acceptors (Lipinski definition) is 4. The maximum atomic E-state index is 4.63. The van der Waals surface area contributed by atoms with Crippen molar-refractivity contribution >= 4 is 39.7 Å². The number of pyridine rings is 3. The van der Waals surface area contributed by atoms with E-state index in [0.717, 1.165) is 33.3 Å². The van der Waals surface area contributed by atoms with Crippen LogP contribution in [-0.4, -0.2) is 24.6 Å². The van der Waals surface area contributed by atoms with E-state index in [-0.39, 0.29) is 0 Å². The SMILES string of the molecule is C(=Cc1nc2ccc3ncccc3n2n1)c1ccc2ccccc2n1. The molecule has 0 N–H and O–H groups in total. The fourth-order valence-electron chi connectivity index (χ4n) is 2.90. The molecule has 0 fully saturated rings. The van der Waals surface area contributed by atoms with E-state index in [1.54, 1.807) is 6.20 Å². The van der Waals surface area contributed by atoms with Crippen LogP contribution in [0.5, 0.6) is 0 Å². The van der Waals surface area contributed by atoms with Gasteiger partial charge in [-0.1, -0.05) is 24.3 Å². The molecule has 5 aromatic rings. The summed E-state index contributed by atoms with van der Waals surface area (Å²) >= 11 is 0. The second-order valence-electron chi connectivity index (χ2n) is 5.74. The van der Waals surface area contributed by atoms with E-state index in [0.29, 0.717) is 5.82 Å². The molecule has 0 amide bonds. The molecule has 0 saturated carbocycles. The van der Waals surface area contributed by atoms with Gasteiger partial charge in [-0.2, -0.15) is 0 Å². The van der Waals surface area contributed by atoms with Gasteiger partial charge in [-0.3, -0.25) is 4.98 Å². The van der Waals surface area contributed by atoms with Crippen molar-refractivity contribution in [2.45, 2.75) is 0 Å².